The van der Waals surface area contributed by atoms with Crippen molar-refractivity contribution >= 4 is 6.29 Å². The maximum Gasteiger partial charge on any atom is 0.416 e. The molecule has 0 radical (unpaired) electrons. The van der Waals surface area contributed by atoms with Gasteiger partial charge in [-0.3, -0.25) is 9.78 Å². The van der Waals surface area contributed by atoms with E-state index in [0.29, 0.717) is 28.8 Å². The van der Waals surface area contributed by atoms with Gasteiger partial charge in [-0.1, -0.05) is 0 Å². The fraction of sp³-hybridized carbons (Fsp3) is 0.0625. The van der Waals surface area contributed by atoms with Gasteiger partial charge >= 0.3 is 6.18 Å². The van der Waals surface area contributed by atoms with E-state index < -0.39 is 11.7 Å². The lowest BCUT2D eigenvalue weighted by molar-refractivity contribution is -0.137. The number of carbonyl (C=O) groups excluding carboxylic acids is 1. The molecule has 0 aliphatic heterocycles. The first-order valence-electron chi connectivity index (χ1n) is 6.62. The summed E-state index contributed by atoms with van der Waals surface area (Å²) in [5.41, 5.74) is 1.10. The molecule has 2 aromatic heterocycles. The monoisotopic (exact) mass is 317 g/mol. The van der Waals surface area contributed by atoms with Crippen LogP contribution in [0.2, 0.25) is 0 Å². The van der Waals surface area contributed by atoms with E-state index >= 15 is 0 Å². The van der Waals surface area contributed by atoms with Crippen molar-refractivity contribution in [2.24, 2.45) is 0 Å². The molecule has 0 unspecified atom stereocenters. The van der Waals surface area contributed by atoms with Crippen LogP contribution in [0.25, 0.3) is 16.9 Å². The summed E-state index contributed by atoms with van der Waals surface area (Å²) in [7, 11) is 0. The summed E-state index contributed by atoms with van der Waals surface area (Å²) in [6.07, 6.45) is 0.884. The Hall–Kier alpha value is -2.96. The molecule has 0 N–H and O–H groups in total. The van der Waals surface area contributed by atoms with Crippen LogP contribution >= 0.6 is 0 Å². The van der Waals surface area contributed by atoms with Gasteiger partial charge in [0, 0.05) is 24.2 Å². The summed E-state index contributed by atoms with van der Waals surface area (Å²) < 4.78 is 39.1. The molecule has 3 aromatic rings. The quantitative estimate of drug-likeness (QED) is 0.691. The van der Waals surface area contributed by atoms with Crippen LogP contribution in [-0.4, -0.2) is 21.1 Å². The molecule has 0 aliphatic rings. The highest BCUT2D eigenvalue weighted by Gasteiger charge is 2.30. The minimum Gasteiger partial charge on any atom is -0.298 e. The molecule has 7 heteroatoms. The summed E-state index contributed by atoms with van der Waals surface area (Å²) in [6.45, 7) is 0. The molecule has 1 aromatic carbocycles. The van der Waals surface area contributed by atoms with Crippen LogP contribution in [0, 0.1) is 0 Å². The highest BCUT2D eigenvalue weighted by molar-refractivity contribution is 5.85. The van der Waals surface area contributed by atoms with Gasteiger partial charge in [0.2, 0.25) is 0 Å². The fourth-order valence-electron chi connectivity index (χ4n) is 2.14. The Balaban J connectivity index is 2.01. The highest BCUT2D eigenvalue weighted by atomic mass is 19.4. The Morgan fingerprint density at radius 1 is 1.09 bits per heavy atom. The number of carbonyl (C=O) groups is 1. The molecule has 0 amide bonds. The SMILES string of the molecule is O=Cc1cn(-c2ccc(C(F)(F)F)cc2)nc1-c1cccnc1. The van der Waals surface area contributed by atoms with Gasteiger partial charge in [-0.15, -0.1) is 0 Å². The second kappa shape index (κ2) is 5.68. The van der Waals surface area contributed by atoms with Gasteiger partial charge < -0.3 is 0 Å². The average molecular weight is 317 g/mol. The molecule has 0 saturated heterocycles. The normalized spacial score (nSPS) is 11.4. The third-order valence-electron chi connectivity index (χ3n) is 3.26. The molecule has 0 aliphatic carbocycles. The molecule has 3 rings (SSSR count). The molecule has 2 heterocycles. The van der Waals surface area contributed by atoms with E-state index in [-0.39, 0.29) is 0 Å². The third-order valence-corrected chi connectivity index (χ3v) is 3.26. The number of hydrogen-bond donors (Lipinski definition) is 0. The number of hydrogen-bond acceptors (Lipinski definition) is 3. The van der Waals surface area contributed by atoms with Gasteiger partial charge in [0.05, 0.1) is 16.8 Å². The maximum absolute atomic E-state index is 12.6. The topological polar surface area (TPSA) is 47.8 Å². The predicted octanol–water partition coefficient (Wildman–Crippen LogP) is 3.77. The molecular weight excluding hydrogens is 307 g/mol. The van der Waals surface area contributed by atoms with Crippen LogP contribution in [0.15, 0.2) is 55.0 Å². The first-order chi connectivity index (χ1) is 11.0. The fourth-order valence-corrected chi connectivity index (χ4v) is 2.14. The lowest BCUT2D eigenvalue weighted by atomic mass is 10.1. The molecule has 0 spiro atoms. The smallest absolute Gasteiger partial charge is 0.298 e. The highest BCUT2D eigenvalue weighted by Crippen LogP contribution is 2.30. The van der Waals surface area contributed by atoms with E-state index in [2.05, 4.69) is 10.1 Å². The van der Waals surface area contributed by atoms with Crippen molar-refractivity contribution < 1.29 is 18.0 Å². The maximum atomic E-state index is 12.6. The van der Waals surface area contributed by atoms with Gasteiger partial charge in [0.15, 0.2) is 6.29 Å². The minimum absolute atomic E-state index is 0.331. The van der Waals surface area contributed by atoms with E-state index in [1.165, 1.54) is 23.0 Å². The number of benzene rings is 1. The lowest BCUT2D eigenvalue weighted by Gasteiger charge is -2.07. The summed E-state index contributed by atoms with van der Waals surface area (Å²) in [4.78, 5) is 15.2. The second-order valence-electron chi connectivity index (χ2n) is 4.78. The minimum atomic E-state index is -4.39. The van der Waals surface area contributed by atoms with E-state index in [0.717, 1.165) is 12.1 Å². The number of aldehydes is 1. The van der Waals surface area contributed by atoms with Gasteiger partial charge in [-0.25, -0.2) is 4.68 Å². The van der Waals surface area contributed by atoms with Crippen LogP contribution in [0.3, 0.4) is 0 Å². The molecule has 116 valence electrons. The summed E-state index contributed by atoms with van der Waals surface area (Å²) in [6, 6.07) is 8.01. The average Bonchev–Trinajstić information content (AvgIpc) is 2.99. The van der Waals surface area contributed by atoms with Crippen LogP contribution in [0.1, 0.15) is 15.9 Å². The molecular formula is C16H10F3N3O. The van der Waals surface area contributed by atoms with Crippen LogP contribution in [-0.2, 0) is 6.18 Å². The van der Waals surface area contributed by atoms with Crippen LogP contribution < -0.4 is 0 Å². The Labute approximate surface area is 129 Å². The number of halogens is 3. The number of pyridine rings is 1. The second-order valence-corrected chi connectivity index (χ2v) is 4.78. The van der Waals surface area contributed by atoms with Gasteiger partial charge in [0.25, 0.3) is 0 Å². The first kappa shape index (κ1) is 15.0. The number of alkyl halides is 3. The Morgan fingerprint density at radius 2 is 1.83 bits per heavy atom. The van der Waals surface area contributed by atoms with Crippen molar-refractivity contribution in [2.45, 2.75) is 6.18 Å². The van der Waals surface area contributed by atoms with Crippen molar-refractivity contribution in [3.8, 4) is 16.9 Å². The summed E-state index contributed by atoms with van der Waals surface area (Å²) in [5.74, 6) is 0. The van der Waals surface area contributed by atoms with Gasteiger partial charge in [-0.2, -0.15) is 18.3 Å². The summed E-state index contributed by atoms with van der Waals surface area (Å²) in [5, 5.41) is 4.28. The Bertz CT molecular complexity index is 824. The van der Waals surface area contributed by atoms with Crippen LogP contribution in [0.4, 0.5) is 13.2 Å². The van der Waals surface area contributed by atoms with E-state index in [1.54, 1.807) is 24.5 Å². The van der Waals surface area contributed by atoms with Crippen molar-refractivity contribution in [1.29, 1.82) is 0 Å². The predicted molar refractivity (Wildman–Crippen MR) is 77.2 cm³/mol. The zero-order valence-electron chi connectivity index (χ0n) is 11.7. The largest absolute Gasteiger partial charge is 0.416 e. The molecule has 0 bridgehead atoms. The van der Waals surface area contributed by atoms with Crippen molar-refractivity contribution in [2.75, 3.05) is 0 Å². The molecule has 4 nitrogen and oxygen atoms in total. The van der Waals surface area contributed by atoms with Crippen molar-refractivity contribution in [3.63, 3.8) is 0 Å². The standard InChI is InChI=1S/C16H10F3N3O/c17-16(18,19)13-3-5-14(6-4-13)22-9-12(10-23)15(21-22)11-2-1-7-20-8-11/h1-10H. The zero-order chi connectivity index (χ0) is 16.4. The number of rotatable bonds is 3. The number of aromatic nitrogens is 3. The summed E-state index contributed by atoms with van der Waals surface area (Å²) >= 11 is 0. The van der Waals surface area contributed by atoms with Crippen molar-refractivity contribution in [3.05, 3.63) is 66.1 Å². The van der Waals surface area contributed by atoms with E-state index in [9.17, 15) is 18.0 Å². The van der Waals surface area contributed by atoms with Gasteiger partial charge in [-0.05, 0) is 36.4 Å². The van der Waals surface area contributed by atoms with Crippen molar-refractivity contribution in [1.82, 2.24) is 14.8 Å². The first-order valence-corrected chi connectivity index (χ1v) is 6.62. The molecule has 0 saturated carbocycles. The van der Waals surface area contributed by atoms with E-state index in [4.69, 9.17) is 0 Å². The van der Waals surface area contributed by atoms with Gasteiger partial charge in [0.1, 0.15) is 5.69 Å². The Kier molecular flexibility index (Phi) is 3.69. The molecule has 0 fully saturated rings. The van der Waals surface area contributed by atoms with E-state index in [1.807, 2.05) is 0 Å². The molecule has 0 atom stereocenters. The third kappa shape index (κ3) is 2.98. The van der Waals surface area contributed by atoms with Crippen LogP contribution in [0.5, 0.6) is 0 Å². The lowest BCUT2D eigenvalue weighted by Crippen LogP contribution is -2.05. The number of nitrogens with zero attached hydrogens (tertiary/aromatic N) is 3. The molecule has 23 heavy (non-hydrogen) atoms. The Morgan fingerprint density at radius 3 is 2.39 bits per heavy atom. The zero-order valence-corrected chi connectivity index (χ0v) is 11.7.